The maximum atomic E-state index is 13.1. The Kier molecular flexibility index (Phi) is 5.04. The van der Waals surface area contributed by atoms with Gasteiger partial charge in [-0.25, -0.2) is 0 Å². The van der Waals surface area contributed by atoms with Crippen LogP contribution in [0.1, 0.15) is 58.8 Å². The van der Waals surface area contributed by atoms with Crippen LogP contribution in [0, 0.1) is 29.6 Å². The molecule has 0 saturated heterocycles. The molecule has 4 heteroatoms. The standard InChI is InChI=1S/C16H27F3O/c1-10-7-8-12(9-11(10)2)15(20)13-5-3-4-6-14(13)16(17,18)19/h10-15,20H,3-9H2,1-2H3. The van der Waals surface area contributed by atoms with E-state index >= 15 is 0 Å². The van der Waals surface area contributed by atoms with Gasteiger partial charge in [0.1, 0.15) is 0 Å². The lowest BCUT2D eigenvalue weighted by Gasteiger charge is -2.42. The van der Waals surface area contributed by atoms with E-state index in [0.717, 1.165) is 25.7 Å². The normalized spacial score (nSPS) is 41.4. The molecular formula is C16H27F3O. The molecule has 1 nitrogen and oxygen atoms in total. The Labute approximate surface area is 119 Å². The summed E-state index contributed by atoms with van der Waals surface area (Å²) in [4.78, 5) is 0. The maximum absolute atomic E-state index is 13.1. The van der Waals surface area contributed by atoms with E-state index in [1.807, 2.05) is 0 Å². The van der Waals surface area contributed by atoms with E-state index in [1.165, 1.54) is 0 Å². The smallest absolute Gasteiger partial charge is 0.392 e. The van der Waals surface area contributed by atoms with E-state index in [0.29, 0.717) is 24.7 Å². The molecule has 0 aliphatic heterocycles. The van der Waals surface area contributed by atoms with Crippen molar-refractivity contribution in [1.82, 2.24) is 0 Å². The van der Waals surface area contributed by atoms with Crippen LogP contribution in [0.15, 0.2) is 0 Å². The van der Waals surface area contributed by atoms with Crippen LogP contribution < -0.4 is 0 Å². The number of halogens is 3. The Balaban J connectivity index is 2.04. The minimum Gasteiger partial charge on any atom is -0.393 e. The summed E-state index contributed by atoms with van der Waals surface area (Å²) in [7, 11) is 0. The largest absolute Gasteiger partial charge is 0.393 e. The van der Waals surface area contributed by atoms with Gasteiger partial charge in [-0.15, -0.1) is 0 Å². The average Bonchev–Trinajstić information content (AvgIpc) is 2.40. The summed E-state index contributed by atoms with van der Waals surface area (Å²) in [5, 5.41) is 10.5. The van der Waals surface area contributed by atoms with Crippen LogP contribution in [0.25, 0.3) is 0 Å². The van der Waals surface area contributed by atoms with E-state index in [4.69, 9.17) is 0 Å². The van der Waals surface area contributed by atoms with Gasteiger partial charge in [0.2, 0.25) is 0 Å². The van der Waals surface area contributed by atoms with Gasteiger partial charge in [0, 0.05) is 0 Å². The Morgan fingerprint density at radius 3 is 2.20 bits per heavy atom. The zero-order valence-electron chi connectivity index (χ0n) is 12.5. The third-order valence-electron chi connectivity index (χ3n) is 5.80. The van der Waals surface area contributed by atoms with Gasteiger partial charge in [-0.05, 0) is 49.4 Å². The first kappa shape index (κ1) is 16.1. The van der Waals surface area contributed by atoms with Gasteiger partial charge >= 0.3 is 6.18 Å². The van der Waals surface area contributed by atoms with Crippen molar-refractivity contribution < 1.29 is 18.3 Å². The van der Waals surface area contributed by atoms with Crippen molar-refractivity contribution in [1.29, 1.82) is 0 Å². The summed E-state index contributed by atoms with van der Waals surface area (Å²) < 4.78 is 39.4. The summed E-state index contributed by atoms with van der Waals surface area (Å²) in [5.41, 5.74) is 0. The number of aliphatic hydroxyl groups excluding tert-OH is 1. The van der Waals surface area contributed by atoms with Gasteiger partial charge in [-0.3, -0.25) is 0 Å². The van der Waals surface area contributed by atoms with E-state index in [1.54, 1.807) is 0 Å². The summed E-state index contributed by atoms with van der Waals surface area (Å²) in [6.45, 7) is 4.36. The highest BCUT2D eigenvalue weighted by molar-refractivity contribution is 4.90. The zero-order chi connectivity index (χ0) is 14.9. The van der Waals surface area contributed by atoms with Crippen LogP contribution in [0.5, 0.6) is 0 Å². The van der Waals surface area contributed by atoms with E-state index < -0.39 is 24.1 Å². The molecule has 1 N–H and O–H groups in total. The quantitative estimate of drug-likeness (QED) is 0.776. The molecule has 0 amide bonds. The molecule has 2 aliphatic rings. The van der Waals surface area contributed by atoms with Gasteiger partial charge in [0.25, 0.3) is 0 Å². The molecule has 2 saturated carbocycles. The minimum absolute atomic E-state index is 0.0640. The molecule has 6 atom stereocenters. The van der Waals surface area contributed by atoms with Gasteiger partial charge in [-0.2, -0.15) is 13.2 Å². The summed E-state index contributed by atoms with van der Waals surface area (Å²) in [6, 6.07) is 0. The van der Waals surface area contributed by atoms with Crippen LogP contribution in [0.2, 0.25) is 0 Å². The molecule has 118 valence electrons. The van der Waals surface area contributed by atoms with Gasteiger partial charge in [0.15, 0.2) is 0 Å². The molecule has 0 heterocycles. The Morgan fingerprint density at radius 1 is 0.950 bits per heavy atom. The number of hydrogen-bond acceptors (Lipinski definition) is 1. The van der Waals surface area contributed by atoms with Crippen LogP contribution in [-0.2, 0) is 0 Å². The Hall–Kier alpha value is -0.250. The molecule has 0 spiro atoms. The highest BCUT2D eigenvalue weighted by Gasteiger charge is 2.49. The second kappa shape index (κ2) is 6.25. The summed E-state index contributed by atoms with van der Waals surface area (Å²) >= 11 is 0. The lowest BCUT2D eigenvalue weighted by molar-refractivity contribution is -0.211. The fourth-order valence-electron chi connectivity index (χ4n) is 4.22. The summed E-state index contributed by atoms with van der Waals surface area (Å²) in [6.07, 6.45) is 0.0777. The van der Waals surface area contributed by atoms with Crippen molar-refractivity contribution in [2.45, 2.75) is 71.1 Å². The number of rotatable bonds is 2. The van der Waals surface area contributed by atoms with Crippen molar-refractivity contribution in [3.63, 3.8) is 0 Å². The molecule has 0 bridgehead atoms. The molecule has 6 unspecified atom stereocenters. The minimum atomic E-state index is -4.15. The molecule has 2 fully saturated rings. The average molecular weight is 292 g/mol. The fourth-order valence-corrected chi connectivity index (χ4v) is 4.22. The molecule has 0 aromatic heterocycles. The van der Waals surface area contributed by atoms with Crippen LogP contribution in [0.4, 0.5) is 13.2 Å². The van der Waals surface area contributed by atoms with Crippen molar-refractivity contribution >= 4 is 0 Å². The number of hydrogen-bond donors (Lipinski definition) is 1. The molecule has 2 rings (SSSR count). The van der Waals surface area contributed by atoms with E-state index in [-0.39, 0.29) is 12.3 Å². The highest BCUT2D eigenvalue weighted by atomic mass is 19.4. The second-order valence-electron chi connectivity index (χ2n) is 7.11. The van der Waals surface area contributed by atoms with Crippen LogP contribution >= 0.6 is 0 Å². The van der Waals surface area contributed by atoms with Crippen molar-refractivity contribution in [3.05, 3.63) is 0 Å². The van der Waals surface area contributed by atoms with Crippen LogP contribution in [-0.4, -0.2) is 17.4 Å². The topological polar surface area (TPSA) is 20.2 Å². The first-order valence-corrected chi connectivity index (χ1v) is 8.05. The van der Waals surface area contributed by atoms with Gasteiger partial charge in [0.05, 0.1) is 12.0 Å². The van der Waals surface area contributed by atoms with Crippen molar-refractivity contribution in [2.75, 3.05) is 0 Å². The van der Waals surface area contributed by atoms with E-state index in [2.05, 4.69) is 13.8 Å². The number of aliphatic hydroxyl groups is 1. The molecule has 0 aromatic carbocycles. The fraction of sp³-hybridized carbons (Fsp3) is 1.00. The van der Waals surface area contributed by atoms with Crippen molar-refractivity contribution in [2.24, 2.45) is 29.6 Å². The zero-order valence-corrected chi connectivity index (χ0v) is 12.5. The van der Waals surface area contributed by atoms with Crippen LogP contribution in [0.3, 0.4) is 0 Å². The summed E-state index contributed by atoms with van der Waals surface area (Å²) in [5.74, 6) is -0.663. The first-order chi connectivity index (χ1) is 9.30. The Bertz CT molecular complexity index is 315. The predicted octanol–water partition coefficient (Wildman–Crippen LogP) is 4.79. The second-order valence-corrected chi connectivity index (χ2v) is 7.11. The highest BCUT2D eigenvalue weighted by Crippen LogP contribution is 2.46. The molecule has 20 heavy (non-hydrogen) atoms. The molecule has 2 aliphatic carbocycles. The number of alkyl halides is 3. The molecular weight excluding hydrogens is 265 g/mol. The third-order valence-corrected chi connectivity index (χ3v) is 5.80. The molecule has 0 aromatic rings. The van der Waals surface area contributed by atoms with E-state index in [9.17, 15) is 18.3 Å². The SMILES string of the molecule is CC1CCC(C(O)C2CCCCC2C(F)(F)F)CC1C. The van der Waals surface area contributed by atoms with Gasteiger partial charge < -0.3 is 5.11 Å². The Morgan fingerprint density at radius 2 is 1.60 bits per heavy atom. The first-order valence-electron chi connectivity index (χ1n) is 8.05. The maximum Gasteiger partial charge on any atom is 0.392 e. The monoisotopic (exact) mass is 292 g/mol. The van der Waals surface area contributed by atoms with Crippen molar-refractivity contribution in [3.8, 4) is 0 Å². The lowest BCUT2D eigenvalue weighted by Crippen LogP contribution is -2.43. The lowest BCUT2D eigenvalue weighted by atomic mass is 9.67. The van der Waals surface area contributed by atoms with Gasteiger partial charge in [-0.1, -0.05) is 33.1 Å². The predicted molar refractivity (Wildman–Crippen MR) is 73.2 cm³/mol. The molecule has 0 radical (unpaired) electrons. The third kappa shape index (κ3) is 3.49.